The van der Waals surface area contributed by atoms with E-state index in [9.17, 15) is 9.59 Å². The molecule has 1 rings (SSSR count). The summed E-state index contributed by atoms with van der Waals surface area (Å²) in [7, 11) is 0. The van der Waals surface area contributed by atoms with Crippen molar-refractivity contribution in [1.29, 1.82) is 0 Å². The highest BCUT2D eigenvalue weighted by Crippen LogP contribution is 1.83. The summed E-state index contributed by atoms with van der Waals surface area (Å²) in [6.45, 7) is 0.477. The van der Waals surface area contributed by atoms with Gasteiger partial charge in [0.15, 0.2) is 0 Å². The van der Waals surface area contributed by atoms with Gasteiger partial charge in [0, 0.05) is 6.54 Å². The number of carbonyl (C=O) groups excluding carboxylic acids is 2. The van der Waals surface area contributed by atoms with Gasteiger partial charge in [0.25, 0.3) is 5.91 Å². The molecule has 0 saturated heterocycles. The molecule has 0 saturated carbocycles. The minimum Gasteiger partial charge on any atom is -0.346 e. The van der Waals surface area contributed by atoms with Gasteiger partial charge in [-0.2, -0.15) is 0 Å². The zero-order valence-corrected chi connectivity index (χ0v) is 4.18. The molecule has 0 radical (unpaired) electrons. The molecule has 0 aliphatic carbocycles. The Hall–Kier alpha value is -1.12. The molecule has 0 bridgehead atoms. The van der Waals surface area contributed by atoms with Gasteiger partial charge in [0.05, 0.1) is 0 Å². The molecule has 1 N–H and O–H groups in total. The predicted octanol–water partition coefficient (Wildman–Crippen LogP) is -0.759. The van der Waals surface area contributed by atoms with Crippen LogP contribution in [0.2, 0.25) is 0 Å². The van der Waals surface area contributed by atoms with Crippen LogP contribution in [0.15, 0.2) is 12.2 Å². The standard InChI is InChI=1S/C5H5NO2/c7-4-2-1-3-6-5(4)8/h1-2H,3H2,(H,6,8). The third-order valence-electron chi connectivity index (χ3n) is 0.873. The van der Waals surface area contributed by atoms with Crippen molar-refractivity contribution in [2.75, 3.05) is 6.54 Å². The lowest BCUT2D eigenvalue weighted by Gasteiger charge is -2.01. The van der Waals surface area contributed by atoms with Crippen LogP contribution in [0.1, 0.15) is 0 Å². The average molecular weight is 111 g/mol. The maximum atomic E-state index is 10.3. The van der Waals surface area contributed by atoms with E-state index in [0.29, 0.717) is 6.54 Å². The quantitative estimate of drug-likeness (QED) is 0.418. The molecule has 0 aromatic carbocycles. The molecule has 1 aliphatic heterocycles. The Morgan fingerprint density at radius 3 is 2.62 bits per heavy atom. The van der Waals surface area contributed by atoms with Gasteiger partial charge in [-0.05, 0) is 6.08 Å². The number of amides is 1. The highest BCUT2D eigenvalue weighted by molar-refractivity contribution is 6.41. The molecule has 1 amide bonds. The summed E-state index contributed by atoms with van der Waals surface area (Å²) in [5.41, 5.74) is 0. The second-order valence-corrected chi connectivity index (χ2v) is 1.48. The van der Waals surface area contributed by atoms with Crippen LogP contribution in [-0.2, 0) is 9.59 Å². The summed E-state index contributed by atoms with van der Waals surface area (Å²) in [5.74, 6) is -0.969. The van der Waals surface area contributed by atoms with Crippen LogP contribution in [0.5, 0.6) is 0 Å². The van der Waals surface area contributed by atoms with Crippen LogP contribution >= 0.6 is 0 Å². The van der Waals surface area contributed by atoms with Gasteiger partial charge in [0.1, 0.15) is 0 Å². The van der Waals surface area contributed by atoms with Crippen molar-refractivity contribution < 1.29 is 9.59 Å². The Labute approximate surface area is 46.4 Å². The van der Waals surface area contributed by atoms with Crippen LogP contribution in [0.4, 0.5) is 0 Å². The van der Waals surface area contributed by atoms with Gasteiger partial charge in [0.2, 0.25) is 5.78 Å². The van der Waals surface area contributed by atoms with E-state index in [1.54, 1.807) is 6.08 Å². The normalized spacial score (nSPS) is 18.5. The second kappa shape index (κ2) is 1.78. The molecule has 0 aromatic heterocycles. The van der Waals surface area contributed by atoms with E-state index in [-0.39, 0.29) is 0 Å². The van der Waals surface area contributed by atoms with Crippen molar-refractivity contribution in [3.05, 3.63) is 12.2 Å². The summed E-state index contributed by atoms with van der Waals surface area (Å²) < 4.78 is 0. The molecule has 0 unspecified atom stereocenters. The van der Waals surface area contributed by atoms with Gasteiger partial charge in [-0.25, -0.2) is 0 Å². The van der Waals surface area contributed by atoms with Gasteiger partial charge in [-0.15, -0.1) is 0 Å². The van der Waals surface area contributed by atoms with E-state index < -0.39 is 11.7 Å². The third-order valence-corrected chi connectivity index (χ3v) is 0.873. The van der Waals surface area contributed by atoms with Gasteiger partial charge in [-0.1, -0.05) is 6.08 Å². The number of carbonyl (C=O) groups is 2. The SMILES string of the molecule is O=C1C=CCNC1=O. The lowest BCUT2D eigenvalue weighted by atomic mass is 10.3. The minimum absolute atomic E-state index is 0.462. The largest absolute Gasteiger partial charge is 0.346 e. The molecule has 0 atom stereocenters. The molecule has 42 valence electrons. The molecule has 3 nitrogen and oxygen atoms in total. The number of rotatable bonds is 0. The summed E-state index contributed by atoms with van der Waals surface area (Å²) in [5, 5.41) is 2.36. The van der Waals surface area contributed by atoms with E-state index >= 15 is 0 Å². The zero-order valence-electron chi connectivity index (χ0n) is 4.18. The monoisotopic (exact) mass is 111 g/mol. The molecular weight excluding hydrogens is 106 g/mol. The molecule has 0 fully saturated rings. The lowest BCUT2D eigenvalue weighted by molar-refractivity contribution is -0.135. The zero-order chi connectivity index (χ0) is 5.98. The van der Waals surface area contributed by atoms with Crippen LogP contribution < -0.4 is 5.32 Å². The van der Waals surface area contributed by atoms with Crippen molar-refractivity contribution in [1.82, 2.24) is 5.32 Å². The summed E-state index contributed by atoms with van der Waals surface area (Å²) in [6.07, 6.45) is 2.89. The van der Waals surface area contributed by atoms with Crippen molar-refractivity contribution in [2.24, 2.45) is 0 Å². The van der Waals surface area contributed by atoms with Crippen molar-refractivity contribution in [3.8, 4) is 0 Å². The van der Waals surface area contributed by atoms with Crippen LogP contribution in [0, 0.1) is 0 Å². The van der Waals surface area contributed by atoms with E-state index in [1.807, 2.05) is 0 Å². The van der Waals surface area contributed by atoms with Gasteiger partial charge >= 0.3 is 0 Å². The topological polar surface area (TPSA) is 46.2 Å². The van der Waals surface area contributed by atoms with Crippen molar-refractivity contribution in [2.45, 2.75) is 0 Å². The molecule has 3 heteroatoms. The first-order chi connectivity index (χ1) is 3.80. The van der Waals surface area contributed by atoms with Crippen LogP contribution in [0.25, 0.3) is 0 Å². The second-order valence-electron chi connectivity index (χ2n) is 1.48. The fourth-order valence-electron chi connectivity index (χ4n) is 0.480. The first-order valence-corrected chi connectivity index (χ1v) is 2.29. The third kappa shape index (κ3) is 0.753. The predicted molar refractivity (Wildman–Crippen MR) is 27.2 cm³/mol. The first kappa shape index (κ1) is 5.03. The van der Waals surface area contributed by atoms with Crippen LogP contribution in [-0.4, -0.2) is 18.2 Å². The molecule has 0 aromatic rings. The average Bonchev–Trinajstić information content (AvgIpc) is 1.77. The lowest BCUT2D eigenvalue weighted by Crippen LogP contribution is -2.33. The molecule has 1 heterocycles. The number of hydrogen-bond acceptors (Lipinski definition) is 2. The van der Waals surface area contributed by atoms with E-state index in [4.69, 9.17) is 0 Å². The summed E-state index contributed by atoms with van der Waals surface area (Å²) in [6, 6.07) is 0. The van der Waals surface area contributed by atoms with Crippen LogP contribution in [0.3, 0.4) is 0 Å². The molecule has 1 aliphatic rings. The maximum absolute atomic E-state index is 10.3. The highest BCUT2D eigenvalue weighted by Gasteiger charge is 2.10. The Balaban J connectivity index is 2.75. The number of ketones is 1. The highest BCUT2D eigenvalue weighted by atomic mass is 16.2. The van der Waals surface area contributed by atoms with Crippen molar-refractivity contribution in [3.63, 3.8) is 0 Å². The first-order valence-electron chi connectivity index (χ1n) is 2.29. The number of hydrogen-bond donors (Lipinski definition) is 1. The Morgan fingerprint density at radius 2 is 2.25 bits per heavy atom. The maximum Gasteiger partial charge on any atom is 0.291 e. The summed E-state index contributed by atoms with van der Waals surface area (Å²) >= 11 is 0. The fourth-order valence-corrected chi connectivity index (χ4v) is 0.480. The smallest absolute Gasteiger partial charge is 0.291 e. The van der Waals surface area contributed by atoms with Gasteiger partial charge in [-0.3, -0.25) is 9.59 Å². The van der Waals surface area contributed by atoms with E-state index in [1.165, 1.54) is 6.08 Å². The molecule has 8 heavy (non-hydrogen) atoms. The Kier molecular flexibility index (Phi) is 1.12. The van der Waals surface area contributed by atoms with Gasteiger partial charge < -0.3 is 5.32 Å². The minimum atomic E-state index is -0.507. The van der Waals surface area contributed by atoms with E-state index in [2.05, 4.69) is 5.32 Å². The fraction of sp³-hybridized carbons (Fsp3) is 0.200. The summed E-state index contributed by atoms with van der Waals surface area (Å²) in [4.78, 5) is 20.6. The van der Waals surface area contributed by atoms with Crippen molar-refractivity contribution >= 4 is 11.7 Å². The van der Waals surface area contributed by atoms with E-state index in [0.717, 1.165) is 0 Å². The molecule has 0 spiro atoms. The Bertz CT molecular complexity index is 160. The molecular formula is C5H5NO2. The number of nitrogens with one attached hydrogen (secondary N) is 1. The Morgan fingerprint density at radius 1 is 1.50 bits per heavy atom.